The molecule has 3 nitrogen and oxygen atoms in total. The number of aliphatic imine (C=N–C) groups is 1. The highest BCUT2D eigenvalue weighted by Gasteiger charge is 2.15. The lowest BCUT2D eigenvalue weighted by molar-refractivity contribution is 0.192. The summed E-state index contributed by atoms with van der Waals surface area (Å²) in [7, 11) is 2.18. The molecule has 0 atom stereocenters. The van der Waals surface area contributed by atoms with Crippen LogP contribution in [0.2, 0.25) is 0 Å². The van der Waals surface area contributed by atoms with Crippen LogP contribution in [0.3, 0.4) is 0 Å². The van der Waals surface area contributed by atoms with E-state index in [1.165, 1.54) is 18.8 Å². The summed E-state index contributed by atoms with van der Waals surface area (Å²) in [5.41, 5.74) is 1.33. The summed E-state index contributed by atoms with van der Waals surface area (Å²) < 4.78 is 0. The smallest absolute Gasteiger partial charge is 0.0508 e. The zero-order valence-corrected chi connectivity index (χ0v) is 8.24. The van der Waals surface area contributed by atoms with Crippen molar-refractivity contribution >= 4 is 6.21 Å². The van der Waals surface area contributed by atoms with Crippen LogP contribution in [-0.4, -0.2) is 55.8 Å². The van der Waals surface area contributed by atoms with E-state index < -0.39 is 0 Å². The van der Waals surface area contributed by atoms with Crippen LogP contribution in [0.25, 0.3) is 0 Å². The van der Waals surface area contributed by atoms with Crippen LogP contribution in [0, 0.1) is 0 Å². The van der Waals surface area contributed by atoms with Crippen molar-refractivity contribution in [2.75, 3.05) is 39.8 Å². The van der Waals surface area contributed by atoms with Gasteiger partial charge >= 0.3 is 0 Å². The number of hydrogen-bond donors (Lipinski definition) is 0. The Kier molecular flexibility index (Phi) is 2.64. The van der Waals surface area contributed by atoms with Crippen molar-refractivity contribution in [3.63, 3.8) is 0 Å². The summed E-state index contributed by atoms with van der Waals surface area (Å²) in [6.45, 7) is 5.61. The molecule has 0 aromatic heterocycles. The van der Waals surface area contributed by atoms with Gasteiger partial charge in [0.2, 0.25) is 0 Å². The summed E-state index contributed by atoms with van der Waals surface area (Å²) in [6, 6.07) is 0. The molecule has 0 aromatic carbocycles. The maximum Gasteiger partial charge on any atom is 0.0508 e. The first kappa shape index (κ1) is 8.75. The Morgan fingerprint density at radius 3 is 2.62 bits per heavy atom. The number of likely N-dealkylation sites (N-methyl/N-ethyl adjacent to an activating group) is 1. The Balaban J connectivity index is 1.94. The third-order valence-electron chi connectivity index (χ3n) is 2.70. The minimum Gasteiger partial charge on any atom is -0.368 e. The number of allylic oxidation sites excluding steroid dienone is 1. The van der Waals surface area contributed by atoms with Crippen molar-refractivity contribution in [1.82, 2.24) is 9.80 Å². The zero-order valence-electron chi connectivity index (χ0n) is 8.24. The topological polar surface area (TPSA) is 18.8 Å². The van der Waals surface area contributed by atoms with Gasteiger partial charge in [0.25, 0.3) is 0 Å². The second-order valence-electron chi connectivity index (χ2n) is 3.74. The molecule has 0 spiro atoms. The lowest BCUT2D eigenvalue weighted by atomic mass is 10.2. The van der Waals surface area contributed by atoms with Gasteiger partial charge in [0.1, 0.15) is 0 Å². The van der Waals surface area contributed by atoms with Crippen molar-refractivity contribution < 1.29 is 0 Å². The molecular formula is C10H17N3. The van der Waals surface area contributed by atoms with E-state index in [1.54, 1.807) is 0 Å². The van der Waals surface area contributed by atoms with Gasteiger partial charge < -0.3 is 9.80 Å². The van der Waals surface area contributed by atoms with Crippen LogP contribution in [0.1, 0.15) is 6.42 Å². The lowest BCUT2D eigenvalue weighted by Gasteiger charge is -2.34. The maximum atomic E-state index is 4.30. The molecule has 1 fully saturated rings. The first-order chi connectivity index (χ1) is 6.36. The van der Waals surface area contributed by atoms with Crippen molar-refractivity contribution in [2.24, 2.45) is 4.99 Å². The fraction of sp³-hybridized carbons (Fsp3) is 0.700. The third-order valence-corrected chi connectivity index (χ3v) is 2.70. The van der Waals surface area contributed by atoms with Gasteiger partial charge in [0, 0.05) is 38.9 Å². The van der Waals surface area contributed by atoms with Crippen LogP contribution in [0.4, 0.5) is 0 Å². The highest BCUT2D eigenvalue weighted by atomic mass is 15.3. The van der Waals surface area contributed by atoms with E-state index >= 15 is 0 Å². The minimum absolute atomic E-state index is 0.969. The molecule has 2 aliphatic heterocycles. The summed E-state index contributed by atoms with van der Waals surface area (Å²) in [6.07, 6.45) is 5.44. The Morgan fingerprint density at radius 2 is 2.00 bits per heavy atom. The first-order valence-corrected chi connectivity index (χ1v) is 5.00. The van der Waals surface area contributed by atoms with Gasteiger partial charge in [-0.15, -0.1) is 0 Å². The molecule has 72 valence electrons. The summed E-state index contributed by atoms with van der Waals surface area (Å²) in [5.74, 6) is 0. The van der Waals surface area contributed by atoms with E-state index in [0.29, 0.717) is 0 Å². The van der Waals surface area contributed by atoms with Crippen LogP contribution in [0.15, 0.2) is 16.8 Å². The first-order valence-electron chi connectivity index (χ1n) is 5.00. The molecule has 3 heteroatoms. The molecule has 0 N–H and O–H groups in total. The predicted octanol–water partition coefficient (Wildman–Crippen LogP) is 0.592. The Labute approximate surface area is 79.7 Å². The van der Waals surface area contributed by atoms with Gasteiger partial charge in [-0.2, -0.15) is 0 Å². The number of dihydropyridines is 1. The van der Waals surface area contributed by atoms with E-state index in [-0.39, 0.29) is 0 Å². The highest BCUT2D eigenvalue weighted by molar-refractivity contribution is 5.78. The van der Waals surface area contributed by atoms with Gasteiger partial charge in [-0.1, -0.05) is 6.08 Å². The average Bonchev–Trinajstić information content (AvgIpc) is 2.20. The Bertz CT molecular complexity index is 224. The average molecular weight is 179 g/mol. The van der Waals surface area contributed by atoms with E-state index in [1.807, 2.05) is 6.21 Å². The summed E-state index contributed by atoms with van der Waals surface area (Å²) in [4.78, 5) is 9.11. The minimum atomic E-state index is 0.969. The number of nitrogens with zero attached hydrogens (tertiary/aromatic N) is 3. The normalized spacial score (nSPS) is 24.7. The third kappa shape index (κ3) is 2.10. The second-order valence-corrected chi connectivity index (χ2v) is 3.74. The molecule has 0 radical (unpaired) electrons. The van der Waals surface area contributed by atoms with E-state index in [4.69, 9.17) is 0 Å². The molecule has 0 amide bonds. The summed E-state index contributed by atoms with van der Waals surface area (Å²) in [5, 5.41) is 0. The van der Waals surface area contributed by atoms with Gasteiger partial charge in [-0.25, -0.2) is 0 Å². The van der Waals surface area contributed by atoms with Crippen LogP contribution in [-0.2, 0) is 0 Å². The molecule has 0 saturated carbocycles. The largest absolute Gasteiger partial charge is 0.368 e. The monoisotopic (exact) mass is 179 g/mol. The predicted molar refractivity (Wildman–Crippen MR) is 55.1 cm³/mol. The molecular weight excluding hydrogens is 162 g/mol. The van der Waals surface area contributed by atoms with Crippen molar-refractivity contribution in [3.8, 4) is 0 Å². The van der Waals surface area contributed by atoms with Crippen molar-refractivity contribution in [1.29, 1.82) is 0 Å². The fourth-order valence-corrected chi connectivity index (χ4v) is 1.77. The maximum absolute atomic E-state index is 4.30. The fourth-order valence-electron chi connectivity index (χ4n) is 1.77. The molecule has 13 heavy (non-hydrogen) atoms. The quantitative estimate of drug-likeness (QED) is 0.587. The van der Waals surface area contributed by atoms with Crippen molar-refractivity contribution in [2.45, 2.75) is 6.42 Å². The molecule has 2 aliphatic rings. The van der Waals surface area contributed by atoms with Gasteiger partial charge in [0.05, 0.1) is 5.70 Å². The lowest BCUT2D eigenvalue weighted by Crippen LogP contribution is -2.44. The molecule has 0 bridgehead atoms. The van der Waals surface area contributed by atoms with E-state index in [2.05, 4.69) is 27.9 Å². The number of hydrogen-bond acceptors (Lipinski definition) is 3. The molecule has 1 saturated heterocycles. The molecule has 2 rings (SSSR count). The molecule has 0 aromatic rings. The van der Waals surface area contributed by atoms with Crippen molar-refractivity contribution in [3.05, 3.63) is 11.8 Å². The van der Waals surface area contributed by atoms with Crippen LogP contribution >= 0.6 is 0 Å². The number of rotatable bonds is 1. The highest BCUT2D eigenvalue weighted by Crippen LogP contribution is 2.10. The number of piperazine rings is 1. The Hall–Kier alpha value is -0.830. The SMILES string of the molecule is CN1CCN(C2=CCCN=C2)CC1. The Morgan fingerprint density at radius 1 is 1.23 bits per heavy atom. The standard InChI is InChI=1S/C10H17N3/c1-12-5-7-13(8-6-12)10-3-2-4-11-9-10/h3,9H,2,4-8H2,1H3. The van der Waals surface area contributed by atoms with Gasteiger partial charge in [-0.05, 0) is 13.5 Å². The summed E-state index contributed by atoms with van der Waals surface area (Å²) >= 11 is 0. The molecule has 0 unspecified atom stereocenters. The van der Waals surface area contributed by atoms with Gasteiger partial charge in [-0.3, -0.25) is 4.99 Å². The zero-order chi connectivity index (χ0) is 9.10. The van der Waals surface area contributed by atoms with Crippen LogP contribution < -0.4 is 0 Å². The molecule has 2 heterocycles. The van der Waals surface area contributed by atoms with Crippen LogP contribution in [0.5, 0.6) is 0 Å². The van der Waals surface area contributed by atoms with E-state index in [0.717, 1.165) is 26.1 Å². The second kappa shape index (κ2) is 3.92. The van der Waals surface area contributed by atoms with E-state index in [9.17, 15) is 0 Å². The molecule has 0 aliphatic carbocycles. The van der Waals surface area contributed by atoms with Gasteiger partial charge in [0.15, 0.2) is 0 Å².